The first-order valence-corrected chi connectivity index (χ1v) is 10.7. The Labute approximate surface area is 176 Å². The number of carbonyl (C=O) groups excluding carboxylic acids is 1. The van der Waals surface area contributed by atoms with E-state index in [0.717, 1.165) is 54.4 Å². The largest absolute Gasteiger partial charge is 0.356 e. The molecule has 0 radical (unpaired) electrons. The number of aromatic nitrogens is 3. The lowest BCUT2D eigenvalue weighted by Crippen LogP contribution is -2.49. The lowest BCUT2D eigenvalue weighted by Gasteiger charge is -2.35. The number of hydrogen-bond donors (Lipinski definition) is 0. The van der Waals surface area contributed by atoms with Gasteiger partial charge in [-0.25, -0.2) is 4.98 Å². The Morgan fingerprint density at radius 2 is 1.67 bits per heavy atom. The van der Waals surface area contributed by atoms with E-state index >= 15 is 0 Å². The molecule has 0 spiro atoms. The number of benzene rings is 1. The van der Waals surface area contributed by atoms with Crippen LogP contribution >= 0.6 is 0 Å². The van der Waals surface area contributed by atoms with Crippen molar-refractivity contribution in [3.63, 3.8) is 0 Å². The fourth-order valence-corrected chi connectivity index (χ4v) is 4.34. The maximum atomic E-state index is 13.1. The van der Waals surface area contributed by atoms with Crippen molar-refractivity contribution in [2.45, 2.75) is 19.8 Å². The van der Waals surface area contributed by atoms with Gasteiger partial charge in [-0.3, -0.25) is 9.78 Å². The van der Waals surface area contributed by atoms with Gasteiger partial charge in [0.05, 0.1) is 0 Å². The Morgan fingerprint density at radius 3 is 2.47 bits per heavy atom. The summed E-state index contributed by atoms with van der Waals surface area (Å²) in [5.41, 5.74) is 1.52. The van der Waals surface area contributed by atoms with E-state index in [9.17, 15) is 4.79 Å². The predicted molar refractivity (Wildman–Crippen MR) is 118 cm³/mol. The van der Waals surface area contributed by atoms with Gasteiger partial charge >= 0.3 is 0 Å². The normalized spacial score (nSPS) is 17.0. The number of pyridine rings is 1. The molecule has 0 bridgehead atoms. The zero-order valence-corrected chi connectivity index (χ0v) is 17.3. The topological polar surface area (TPSA) is 65.5 Å². The Hall–Kier alpha value is -3.22. The maximum absolute atomic E-state index is 13.1. The zero-order chi connectivity index (χ0) is 20.5. The summed E-state index contributed by atoms with van der Waals surface area (Å²) in [5.74, 6) is 1.79. The third kappa shape index (κ3) is 3.56. The van der Waals surface area contributed by atoms with Crippen LogP contribution in [0.3, 0.4) is 0 Å². The Bertz CT molecular complexity index is 1060. The van der Waals surface area contributed by atoms with E-state index in [4.69, 9.17) is 4.98 Å². The second-order valence-electron chi connectivity index (χ2n) is 8.02. The van der Waals surface area contributed by atoms with Gasteiger partial charge in [-0.2, -0.15) is 4.98 Å². The monoisotopic (exact) mass is 402 g/mol. The highest BCUT2D eigenvalue weighted by Crippen LogP contribution is 2.23. The quantitative estimate of drug-likeness (QED) is 0.671. The number of amides is 1. The van der Waals surface area contributed by atoms with Crippen LogP contribution in [0.15, 0.2) is 42.6 Å². The Morgan fingerprint density at radius 1 is 0.900 bits per heavy atom. The summed E-state index contributed by atoms with van der Waals surface area (Å²) in [4.78, 5) is 33.5. The number of carbonyl (C=O) groups is 1. The fourth-order valence-electron chi connectivity index (χ4n) is 4.34. The number of hydrogen-bond acceptors (Lipinski definition) is 6. The highest BCUT2D eigenvalue weighted by atomic mass is 16.2. The summed E-state index contributed by atoms with van der Waals surface area (Å²) in [6.07, 6.45) is 4.16. The second-order valence-corrected chi connectivity index (χ2v) is 8.02. The summed E-state index contributed by atoms with van der Waals surface area (Å²) < 4.78 is 0. The van der Waals surface area contributed by atoms with Crippen molar-refractivity contribution in [3.05, 3.63) is 54.0 Å². The molecular weight excluding hydrogens is 376 g/mol. The van der Waals surface area contributed by atoms with Gasteiger partial charge in [-0.15, -0.1) is 0 Å². The van der Waals surface area contributed by atoms with Gasteiger partial charge < -0.3 is 14.7 Å². The maximum Gasteiger partial charge on any atom is 0.273 e. The highest BCUT2D eigenvalue weighted by Gasteiger charge is 2.26. The molecule has 0 atom stereocenters. The molecule has 1 amide bonds. The molecule has 0 N–H and O–H groups in total. The second kappa shape index (κ2) is 7.89. The summed E-state index contributed by atoms with van der Waals surface area (Å²) in [7, 11) is 0. The van der Waals surface area contributed by atoms with Gasteiger partial charge in [0.2, 0.25) is 5.95 Å². The van der Waals surface area contributed by atoms with Crippen LogP contribution < -0.4 is 9.80 Å². The van der Waals surface area contributed by atoms with Crippen LogP contribution in [0, 0.1) is 6.92 Å². The van der Waals surface area contributed by atoms with Crippen molar-refractivity contribution >= 4 is 28.4 Å². The van der Waals surface area contributed by atoms with Gasteiger partial charge in [0, 0.05) is 62.6 Å². The third-order valence-electron chi connectivity index (χ3n) is 5.98. The van der Waals surface area contributed by atoms with Gasteiger partial charge in [-0.05, 0) is 31.2 Å². The minimum absolute atomic E-state index is 0.00522. The molecular formula is C23H26N6O. The van der Waals surface area contributed by atoms with E-state index in [2.05, 4.69) is 25.8 Å². The highest BCUT2D eigenvalue weighted by molar-refractivity contribution is 6.05. The average molecular weight is 403 g/mol. The molecule has 154 valence electrons. The summed E-state index contributed by atoms with van der Waals surface area (Å²) in [5, 5.41) is 1.95. The molecule has 1 aromatic carbocycles. The van der Waals surface area contributed by atoms with Crippen LogP contribution in [0.1, 0.15) is 29.0 Å². The fraction of sp³-hybridized carbons (Fsp3) is 0.391. The molecule has 7 heteroatoms. The number of rotatable bonds is 3. The van der Waals surface area contributed by atoms with Crippen LogP contribution in [0.4, 0.5) is 11.8 Å². The molecule has 2 aliphatic heterocycles. The zero-order valence-electron chi connectivity index (χ0n) is 17.3. The van der Waals surface area contributed by atoms with Gasteiger partial charge in [0.25, 0.3) is 5.91 Å². The number of fused-ring (bicyclic) bond motifs is 1. The van der Waals surface area contributed by atoms with Crippen LogP contribution in [0.5, 0.6) is 0 Å². The van der Waals surface area contributed by atoms with Crippen molar-refractivity contribution in [1.29, 1.82) is 0 Å². The van der Waals surface area contributed by atoms with E-state index in [0.29, 0.717) is 18.8 Å². The molecule has 0 aliphatic carbocycles. The molecule has 2 aliphatic rings. The summed E-state index contributed by atoms with van der Waals surface area (Å²) >= 11 is 0. The first-order valence-electron chi connectivity index (χ1n) is 10.7. The van der Waals surface area contributed by atoms with Gasteiger partial charge in [-0.1, -0.05) is 24.3 Å². The van der Waals surface area contributed by atoms with Crippen LogP contribution in [0.2, 0.25) is 0 Å². The molecule has 0 unspecified atom stereocenters. The SMILES string of the molecule is Cc1cc(N2CCCC2)nc(N2CCN(C(=O)c3nccc4ccccc34)CC2)n1. The van der Waals surface area contributed by atoms with E-state index in [1.807, 2.05) is 42.2 Å². The summed E-state index contributed by atoms with van der Waals surface area (Å²) in [6, 6.07) is 11.9. The van der Waals surface area contributed by atoms with E-state index < -0.39 is 0 Å². The Kier molecular flexibility index (Phi) is 4.94. The van der Waals surface area contributed by atoms with Gasteiger partial charge in [0.1, 0.15) is 11.5 Å². The van der Waals surface area contributed by atoms with E-state index in [1.54, 1.807) is 6.20 Å². The van der Waals surface area contributed by atoms with Crippen LogP contribution in [0.25, 0.3) is 10.8 Å². The lowest BCUT2D eigenvalue weighted by atomic mass is 10.1. The van der Waals surface area contributed by atoms with Crippen LogP contribution in [-0.2, 0) is 0 Å². The van der Waals surface area contributed by atoms with Crippen molar-refractivity contribution in [3.8, 4) is 0 Å². The molecule has 0 saturated carbocycles. The molecule has 5 rings (SSSR count). The standard InChI is InChI=1S/C23H26N6O/c1-17-16-20(27-10-4-5-11-27)26-23(25-17)29-14-12-28(13-15-29)22(30)21-19-7-3-2-6-18(19)8-9-24-21/h2-3,6-9,16H,4-5,10-15H2,1H3. The van der Waals surface area contributed by atoms with Crippen molar-refractivity contribution < 1.29 is 4.79 Å². The molecule has 4 heterocycles. The third-order valence-corrected chi connectivity index (χ3v) is 5.98. The van der Waals surface area contributed by atoms with Crippen molar-refractivity contribution in [2.24, 2.45) is 0 Å². The van der Waals surface area contributed by atoms with Gasteiger partial charge in [0.15, 0.2) is 0 Å². The molecule has 2 saturated heterocycles. The number of aryl methyl sites for hydroxylation is 1. The minimum Gasteiger partial charge on any atom is -0.356 e. The average Bonchev–Trinajstić information content (AvgIpc) is 3.33. The predicted octanol–water partition coefficient (Wildman–Crippen LogP) is 2.90. The molecule has 2 fully saturated rings. The number of anilines is 2. The summed E-state index contributed by atoms with van der Waals surface area (Å²) in [6.45, 7) is 6.88. The van der Waals surface area contributed by atoms with Crippen LogP contribution in [-0.4, -0.2) is 65.0 Å². The lowest BCUT2D eigenvalue weighted by molar-refractivity contribution is 0.0742. The Balaban J connectivity index is 1.31. The molecule has 7 nitrogen and oxygen atoms in total. The van der Waals surface area contributed by atoms with E-state index in [1.165, 1.54) is 12.8 Å². The number of piperazine rings is 1. The van der Waals surface area contributed by atoms with E-state index in [-0.39, 0.29) is 5.91 Å². The minimum atomic E-state index is -0.00522. The molecule has 2 aromatic heterocycles. The smallest absolute Gasteiger partial charge is 0.273 e. The van der Waals surface area contributed by atoms with Crippen molar-refractivity contribution in [2.75, 3.05) is 49.1 Å². The first kappa shape index (κ1) is 18.8. The number of nitrogens with zero attached hydrogens (tertiary/aromatic N) is 6. The first-order chi connectivity index (χ1) is 14.7. The molecule has 30 heavy (non-hydrogen) atoms. The molecule has 3 aromatic rings. The van der Waals surface area contributed by atoms with Crippen molar-refractivity contribution in [1.82, 2.24) is 19.9 Å².